The second-order valence-electron chi connectivity index (χ2n) is 8.47. The third-order valence-corrected chi connectivity index (χ3v) is 6.65. The van der Waals surface area contributed by atoms with Gasteiger partial charge in [0.05, 0.1) is 32.1 Å². The second-order valence-corrected chi connectivity index (χ2v) is 10.4. The number of ether oxygens (including phenoxy) is 2. The maximum Gasteiger partial charge on any atom is 0.251 e. The van der Waals surface area contributed by atoms with Gasteiger partial charge in [0.1, 0.15) is 6.61 Å². The number of para-hydroxylation sites is 2. The van der Waals surface area contributed by atoms with E-state index in [1.54, 1.807) is 37.4 Å². The van der Waals surface area contributed by atoms with Crippen LogP contribution in [0.1, 0.15) is 32.6 Å². The minimum atomic E-state index is -3.51. The maximum atomic E-state index is 12.6. The zero-order valence-corrected chi connectivity index (χ0v) is 21.6. The molecule has 3 aromatic carbocycles. The molecule has 0 unspecified atom stereocenters. The molecule has 0 radical (unpaired) electrons. The van der Waals surface area contributed by atoms with E-state index in [0.29, 0.717) is 35.9 Å². The Labute approximate surface area is 207 Å². The van der Waals surface area contributed by atoms with Gasteiger partial charge in [-0.25, -0.2) is 8.42 Å². The van der Waals surface area contributed by atoms with E-state index in [-0.39, 0.29) is 12.5 Å². The molecule has 0 aromatic heterocycles. The molecule has 0 saturated carbocycles. The Kier molecular flexibility index (Phi) is 8.40. The number of hydrogen-bond acceptors (Lipinski definition) is 5. The number of aryl methyl sites for hydroxylation is 3. The fourth-order valence-corrected chi connectivity index (χ4v) is 5.02. The Morgan fingerprint density at radius 1 is 0.943 bits per heavy atom. The molecule has 186 valence electrons. The minimum absolute atomic E-state index is 0.179. The summed E-state index contributed by atoms with van der Waals surface area (Å²) in [6.07, 6.45) is 1.21. The zero-order valence-electron chi connectivity index (χ0n) is 20.8. The third-order valence-electron chi connectivity index (χ3n) is 5.54. The summed E-state index contributed by atoms with van der Waals surface area (Å²) < 4.78 is 37.6. The number of amides is 1. The van der Waals surface area contributed by atoms with E-state index in [1.807, 2.05) is 51.1 Å². The number of carbonyl (C=O) groups excluding carboxylic acids is 1. The lowest BCUT2D eigenvalue weighted by Gasteiger charge is -2.26. The molecule has 0 saturated heterocycles. The molecule has 0 spiro atoms. The van der Waals surface area contributed by atoms with Crippen LogP contribution in [0, 0.1) is 20.8 Å². The van der Waals surface area contributed by atoms with Crippen molar-refractivity contribution in [3.8, 4) is 11.5 Å². The quantitative estimate of drug-likeness (QED) is 0.421. The van der Waals surface area contributed by atoms with Gasteiger partial charge in [-0.05, 0) is 61.7 Å². The summed E-state index contributed by atoms with van der Waals surface area (Å²) in [7, 11) is -1.94. The minimum Gasteiger partial charge on any atom is -0.493 e. The van der Waals surface area contributed by atoms with Crippen LogP contribution in [-0.2, 0) is 16.6 Å². The molecule has 0 fully saturated rings. The van der Waals surface area contributed by atoms with Crippen molar-refractivity contribution in [3.63, 3.8) is 0 Å². The molecule has 35 heavy (non-hydrogen) atoms. The first kappa shape index (κ1) is 26.1. The van der Waals surface area contributed by atoms with Crippen LogP contribution in [0.3, 0.4) is 0 Å². The third kappa shape index (κ3) is 6.76. The molecule has 0 bridgehead atoms. The summed E-state index contributed by atoms with van der Waals surface area (Å²) >= 11 is 0. The maximum absolute atomic E-state index is 12.6. The first-order valence-corrected chi connectivity index (χ1v) is 13.1. The van der Waals surface area contributed by atoms with E-state index >= 15 is 0 Å². The number of carbonyl (C=O) groups is 1. The normalized spacial score (nSPS) is 11.1. The van der Waals surface area contributed by atoms with Crippen LogP contribution in [0.2, 0.25) is 0 Å². The molecule has 7 nitrogen and oxygen atoms in total. The largest absolute Gasteiger partial charge is 0.493 e. The van der Waals surface area contributed by atoms with E-state index in [0.717, 1.165) is 22.3 Å². The van der Waals surface area contributed by atoms with E-state index in [9.17, 15) is 13.2 Å². The molecular formula is C27H32N2O5S. The Bertz CT molecular complexity index is 1260. The molecule has 0 heterocycles. The number of benzene rings is 3. The Morgan fingerprint density at radius 2 is 1.54 bits per heavy atom. The number of nitrogens with one attached hydrogen (secondary N) is 1. The van der Waals surface area contributed by atoms with E-state index in [4.69, 9.17) is 9.47 Å². The van der Waals surface area contributed by atoms with Crippen LogP contribution in [0.25, 0.3) is 0 Å². The fourth-order valence-electron chi connectivity index (χ4n) is 4.02. The van der Waals surface area contributed by atoms with Gasteiger partial charge < -0.3 is 14.8 Å². The van der Waals surface area contributed by atoms with Gasteiger partial charge in [-0.3, -0.25) is 9.10 Å². The highest BCUT2D eigenvalue weighted by molar-refractivity contribution is 7.92. The molecule has 3 aromatic rings. The molecule has 1 N–H and O–H groups in total. The lowest BCUT2D eigenvalue weighted by Crippen LogP contribution is -2.31. The predicted octanol–water partition coefficient (Wildman–Crippen LogP) is 4.40. The van der Waals surface area contributed by atoms with Crippen molar-refractivity contribution in [2.45, 2.75) is 27.3 Å². The van der Waals surface area contributed by atoms with E-state index < -0.39 is 10.0 Å². The Balaban J connectivity index is 1.63. The summed E-state index contributed by atoms with van der Waals surface area (Å²) in [4.78, 5) is 12.5. The van der Waals surface area contributed by atoms with Gasteiger partial charge in [0.15, 0.2) is 11.5 Å². The second kappa shape index (κ2) is 11.3. The van der Waals surface area contributed by atoms with Gasteiger partial charge in [0, 0.05) is 5.56 Å². The van der Waals surface area contributed by atoms with Crippen LogP contribution in [0.4, 0.5) is 5.69 Å². The van der Waals surface area contributed by atoms with Crippen LogP contribution in [-0.4, -0.2) is 40.8 Å². The van der Waals surface area contributed by atoms with Crippen LogP contribution < -0.4 is 19.1 Å². The smallest absolute Gasteiger partial charge is 0.251 e. The van der Waals surface area contributed by atoms with E-state index in [1.165, 1.54) is 10.6 Å². The van der Waals surface area contributed by atoms with Crippen molar-refractivity contribution in [2.24, 2.45) is 0 Å². The standard InChI is InChI=1S/C27H32N2O5S/c1-19-16-20(2)26(21(3)17-19)29(35(5,31)32)18-22-10-12-23(13-11-22)27(30)28-14-15-34-25-9-7-6-8-24(25)33-4/h6-13,16-17H,14-15,18H2,1-5H3,(H,28,30). The Morgan fingerprint density at radius 3 is 2.11 bits per heavy atom. The molecule has 0 aliphatic heterocycles. The molecule has 0 aliphatic carbocycles. The highest BCUT2D eigenvalue weighted by Crippen LogP contribution is 2.30. The summed E-state index contributed by atoms with van der Waals surface area (Å²) in [5.41, 5.74) is 4.85. The number of rotatable bonds is 10. The first-order valence-electron chi connectivity index (χ1n) is 11.3. The van der Waals surface area contributed by atoms with Crippen molar-refractivity contribution in [1.29, 1.82) is 0 Å². The fraction of sp³-hybridized carbons (Fsp3) is 0.296. The van der Waals surface area contributed by atoms with Gasteiger partial charge in [-0.1, -0.05) is 42.0 Å². The molecule has 0 atom stereocenters. The predicted molar refractivity (Wildman–Crippen MR) is 139 cm³/mol. The zero-order chi connectivity index (χ0) is 25.6. The van der Waals surface area contributed by atoms with Crippen molar-refractivity contribution < 1.29 is 22.7 Å². The lowest BCUT2D eigenvalue weighted by atomic mass is 10.0. The summed E-state index contributed by atoms with van der Waals surface area (Å²) in [5.74, 6) is 1.02. The highest BCUT2D eigenvalue weighted by atomic mass is 32.2. The highest BCUT2D eigenvalue weighted by Gasteiger charge is 2.22. The topological polar surface area (TPSA) is 84.9 Å². The van der Waals surface area contributed by atoms with Crippen molar-refractivity contribution in [2.75, 3.05) is 30.8 Å². The lowest BCUT2D eigenvalue weighted by molar-refractivity contribution is 0.0947. The van der Waals surface area contributed by atoms with Crippen molar-refractivity contribution in [1.82, 2.24) is 5.32 Å². The summed E-state index contributed by atoms with van der Waals surface area (Å²) in [6.45, 7) is 6.62. The summed E-state index contributed by atoms with van der Waals surface area (Å²) in [6, 6.07) is 18.2. The van der Waals surface area contributed by atoms with E-state index in [2.05, 4.69) is 5.32 Å². The average molecular weight is 497 g/mol. The van der Waals surface area contributed by atoms with Gasteiger partial charge in [0.25, 0.3) is 5.91 Å². The SMILES string of the molecule is COc1ccccc1OCCNC(=O)c1ccc(CN(c2c(C)cc(C)cc2C)S(C)(=O)=O)cc1. The number of hydrogen-bond donors (Lipinski definition) is 1. The monoisotopic (exact) mass is 496 g/mol. The number of sulfonamides is 1. The van der Waals surface area contributed by atoms with Crippen LogP contribution in [0.15, 0.2) is 60.7 Å². The van der Waals surface area contributed by atoms with Crippen LogP contribution >= 0.6 is 0 Å². The number of anilines is 1. The number of nitrogens with zero attached hydrogens (tertiary/aromatic N) is 1. The van der Waals surface area contributed by atoms with Crippen molar-refractivity contribution in [3.05, 3.63) is 88.5 Å². The first-order chi connectivity index (χ1) is 16.6. The molecule has 0 aliphatic rings. The summed E-state index contributed by atoms with van der Waals surface area (Å²) in [5, 5.41) is 2.83. The van der Waals surface area contributed by atoms with Gasteiger partial charge >= 0.3 is 0 Å². The van der Waals surface area contributed by atoms with Gasteiger partial charge in [0.2, 0.25) is 10.0 Å². The molecule has 1 amide bonds. The van der Waals surface area contributed by atoms with Crippen molar-refractivity contribution >= 4 is 21.6 Å². The van der Waals surface area contributed by atoms with Gasteiger partial charge in [-0.15, -0.1) is 0 Å². The molecular weight excluding hydrogens is 464 g/mol. The average Bonchev–Trinajstić information content (AvgIpc) is 2.80. The molecule has 8 heteroatoms. The Hall–Kier alpha value is -3.52. The molecule has 3 rings (SSSR count). The van der Waals surface area contributed by atoms with Crippen LogP contribution in [0.5, 0.6) is 11.5 Å². The van der Waals surface area contributed by atoms with Gasteiger partial charge in [-0.2, -0.15) is 0 Å². The number of methoxy groups -OCH3 is 1.